The number of benzene rings is 1. The largest absolute Gasteiger partial charge is 0.389 e. The van der Waals surface area contributed by atoms with Crippen LogP contribution in [0.4, 0.5) is 0 Å². The molecule has 1 N–H and O–H groups in total. The average Bonchev–Trinajstić information content (AvgIpc) is 2.75. The summed E-state index contributed by atoms with van der Waals surface area (Å²) in [6, 6.07) is 10.6. The van der Waals surface area contributed by atoms with E-state index in [1.807, 2.05) is 6.07 Å². The molecule has 0 amide bonds. The number of nitrogens with zero attached hydrogens (tertiary/aromatic N) is 1. The van der Waals surface area contributed by atoms with E-state index in [9.17, 15) is 5.11 Å². The van der Waals surface area contributed by atoms with Crippen LogP contribution in [0.1, 0.15) is 5.56 Å². The molecule has 2 fully saturated rings. The fraction of sp³-hybridized carbons (Fsp3) is 0.500. The van der Waals surface area contributed by atoms with Gasteiger partial charge < -0.3 is 9.84 Å². The number of ether oxygens (including phenoxy) is 1. The molecule has 1 aromatic carbocycles. The van der Waals surface area contributed by atoms with Gasteiger partial charge in [0, 0.05) is 13.1 Å². The number of rotatable bonds is 2. The summed E-state index contributed by atoms with van der Waals surface area (Å²) in [5.74, 6) is 0. The van der Waals surface area contributed by atoms with Gasteiger partial charge in [0.25, 0.3) is 0 Å². The van der Waals surface area contributed by atoms with Gasteiger partial charge in [-0.2, -0.15) is 0 Å². The van der Waals surface area contributed by atoms with Crippen molar-refractivity contribution in [3.63, 3.8) is 0 Å². The topological polar surface area (TPSA) is 32.7 Å². The van der Waals surface area contributed by atoms with Crippen LogP contribution in [0.2, 0.25) is 0 Å². The van der Waals surface area contributed by atoms with E-state index in [4.69, 9.17) is 4.74 Å². The van der Waals surface area contributed by atoms with Crippen molar-refractivity contribution >= 4 is 0 Å². The van der Waals surface area contributed by atoms with E-state index in [-0.39, 0.29) is 18.2 Å². The third-order valence-electron chi connectivity index (χ3n) is 3.37. The van der Waals surface area contributed by atoms with Gasteiger partial charge in [0.2, 0.25) is 0 Å². The molecular weight excluding hydrogens is 190 g/mol. The van der Waals surface area contributed by atoms with Gasteiger partial charge in [-0.25, -0.2) is 0 Å². The maximum Gasteiger partial charge on any atom is 0.0991 e. The zero-order valence-corrected chi connectivity index (χ0v) is 8.54. The minimum absolute atomic E-state index is 0.0405. The Hall–Kier alpha value is -0.900. The molecule has 3 heteroatoms. The van der Waals surface area contributed by atoms with E-state index in [1.165, 1.54) is 5.56 Å². The smallest absolute Gasteiger partial charge is 0.0991 e. The first-order valence-corrected chi connectivity index (χ1v) is 5.42. The van der Waals surface area contributed by atoms with E-state index in [0.29, 0.717) is 6.61 Å². The van der Waals surface area contributed by atoms with Gasteiger partial charge in [0.05, 0.1) is 24.9 Å². The van der Waals surface area contributed by atoms with Gasteiger partial charge in [-0.1, -0.05) is 30.3 Å². The third kappa shape index (κ3) is 1.57. The van der Waals surface area contributed by atoms with Gasteiger partial charge in [-0.15, -0.1) is 0 Å². The number of hydrogen-bond donors (Lipinski definition) is 1. The molecule has 3 nitrogen and oxygen atoms in total. The zero-order chi connectivity index (χ0) is 10.3. The summed E-state index contributed by atoms with van der Waals surface area (Å²) in [6.45, 7) is 2.46. The summed E-state index contributed by atoms with van der Waals surface area (Å²) in [5, 5.41) is 9.81. The summed E-state index contributed by atoms with van der Waals surface area (Å²) in [4.78, 5) is 2.31. The Bertz CT molecular complexity index is 341. The lowest BCUT2D eigenvalue weighted by molar-refractivity contribution is 0.0206. The highest BCUT2D eigenvalue weighted by Crippen LogP contribution is 2.29. The molecule has 3 rings (SSSR count). The molecule has 0 unspecified atom stereocenters. The van der Waals surface area contributed by atoms with Crippen molar-refractivity contribution < 1.29 is 9.84 Å². The van der Waals surface area contributed by atoms with Crippen LogP contribution in [0.3, 0.4) is 0 Å². The van der Waals surface area contributed by atoms with Gasteiger partial charge >= 0.3 is 0 Å². The van der Waals surface area contributed by atoms with Crippen LogP contribution >= 0.6 is 0 Å². The van der Waals surface area contributed by atoms with Crippen molar-refractivity contribution in [2.75, 3.05) is 13.2 Å². The highest BCUT2D eigenvalue weighted by atomic mass is 16.5. The van der Waals surface area contributed by atoms with Gasteiger partial charge in [-0.3, -0.25) is 4.90 Å². The summed E-state index contributed by atoms with van der Waals surface area (Å²) in [7, 11) is 0. The Labute approximate surface area is 89.3 Å². The molecule has 0 aromatic heterocycles. The third-order valence-corrected chi connectivity index (χ3v) is 3.37. The quantitative estimate of drug-likeness (QED) is 0.768. The number of aliphatic hydroxyl groups is 1. The van der Waals surface area contributed by atoms with E-state index in [1.54, 1.807) is 0 Å². The minimum Gasteiger partial charge on any atom is -0.389 e. The van der Waals surface area contributed by atoms with Gasteiger partial charge in [-0.05, 0) is 5.56 Å². The molecule has 2 saturated heterocycles. The maximum absolute atomic E-state index is 9.81. The zero-order valence-electron chi connectivity index (χ0n) is 8.54. The Morgan fingerprint density at radius 1 is 1.33 bits per heavy atom. The molecule has 0 saturated carbocycles. The fourth-order valence-electron chi connectivity index (χ4n) is 2.52. The molecule has 0 radical (unpaired) electrons. The summed E-state index contributed by atoms with van der Waals surface area (Å²) in [6.07, 6.45) is -0.243. The van der Waals surface area contributed by atoms with E-state index < -0.39 is 0 Å². The van der Waals surface area contributed by atoms with Crippen molar-refractivity contribution in [3.05, 3.63) is 35.9 Å². The molecule has 80 valence electrons. The standard InChI is InChI=1S/C12H15NO2/c14-12-10-8-15-11(12)7-13(10)6-9-4-2-1-3-5-9/h1-5,10-12,14H,6-8H2/t10-,11-,12+/m1/s1. The first kappa shape index (κ1) is 9.33. The second-order valence-corrected chi connectivity index (χ2v) is 4.34. The molecule has 0 aliphatic carbocycles. The second kappa shape index (κ2) is 3.59. The first-order chi connectivity index (χ1) is 7.34. The van der Waals surface area contributed by atoms with Crippen LogP contribution in [0.25, 0.3) is 0 Å². The van der Waals surface area contributed by atoms with Gasteiger partial charge in [0.1, 0.15) is 0 Å². The summed E-state index contributed by atoms with van der Waals surface area (Å²) in [5.41, 5.74) is 1.30. The van der Waals surface area contributed by atoms with Crippen molar-refractivity contribution in [2.24, 2.45) is 0 Å². The van der Waals surface area contributed by atoms with Crippen LogP contribution < -0.4 is 0 Å². The lowest BCUT2D eigenvalue weighted by atomic mass is 10.2. The van der Waals surface area contributed by atoms with E-state index in [2.05, 4.69) is 29.2 Å². The molecule has 2 aliphatic rings. The Kier molecular flexibility index (Phi) is 2.24. The van der Waals surface area contributed by atoms with Gasteiger partial charge in [0.15, 0.2) is 0 Å². The van der Waals surface area contributed by atoms with Crippen molar-refractivity contribution in [1.29, 1.82) is 0 Å². The van der Waals surface area contributed by atoms with E-state index >= 15 is 0 Å². The predicted octanol–water partition coefficient (Wildman–Crippen LogP) is 0.630. The lowest BCUT2D eigenvalue weighted by Gasteiger charge is -2.26. The number of likely N-dealkylation sites (tertiary alicyclic amines) is 1. The molecular formula is C12H15NO2. The molecule has 2 aliphatic heterocycles. The lowest BCUT2D eigenvalue weighted by Crippen LogP contribution is -2.37. The predicted molar refractivity (Wildman–Crippen MR) is 56.4 cm³/mol. The number of hydrogen-bond acceptors (Lipinski definition) is 3. The summed E-state index contributed by atoms with van der Waals surface area (Å²) < 4.78 is 5.44. The minimum atomic E-state index is -0.284. The van der Waals surface area contributed by atoms with E-state index in [0.717, 1.165) is 13.1 Å². The monoisotopic (exact) mass is 205 g/mol. The van der Waals surface area contributed by atoms with Crippen LogP contribution in [0.5, 0.6) is 0 Å². The average molecular weight is 205 g/mol. The molecule has 1 aromatic rings. The highest BCUT2D eigenvalue weighted by molar-refractivity contribution is 5.15. The van der Waals surface area contributed by atoms with Crippen LogP contribution in [0, 0.1) is 0 Å². The Morgan fingerprint density at radius 3 is 2.73 bits per heavy atom. The molecule has 2 bridgehead atoms. The Morgan fingerprint density at radius 2 is 2.13 bits per heavy atom. The summed E-state index contributed by atoms with van der Waals surface area (Å²) >= 11 is 0. The number of aliphatic hydroxyl groups excluding tert-OH is 1. The normalized spacial score (nSPS) is 34.9. The fourth-order valence-corrected chi connectivity index (χ4v) is 2.52. The van der Waals surface area contributed by atoms with Crippen molar-refractivity contribution in [1.82, 2.24) is 4.90 Å². The molecule has 2 heterocycles. The molecule has 15 heavy (non-hydrogen) atoms. The number of morpholine rings is 1. The highest BCUT2D eigenvalue weighted by Gasteiger charge is 2.46. The SMILES string of the molecule is O[C@H]1[C@H]2CO[C@@H]1CN2Cc1ccccc1. The van der Waals surface area contributed by atoms with Crippen LogP contribution in [0.15, 0.2) is 30.3 Å². The number of fused-ring (bicyclic) bond motifs is 2. The first-order valence-electron chi connectivity index (χ1n) is 5.42. The van der Waals surface area contributed by atoms with Crippen molar-refractivity contribution in [3.8, 4) is 0 Å². The second-order valence-electron chi connectivity index (χ2n) is 4.34. The molecule has 0 spiro atoms. The maximum atomic E-state index is 9.81. The van der Waals surface area contributed by atoms with Crippen molar-refractivity contribution in [2.45, 2.75) is 24.8 Å². The Balaban J connectivity index is 1.71. The molecule has 3 atom stereocenters. The van der Waals surface area contributed by atoms with Crippen LogP contribution in [-0.4, -0.2) is 41.4 Å². The van der Waals surface area contributed by atoms with Crippen LogP contribution in [-0.2, 0) is 11.3 Å².